The lowest BCUT2D eigenvalue weighted by molar-refractivity contribution is 0.0402. The molecule has 1 saturated heterocycles. The molecular weight excluding hydrogens is 456 g/mol. The molecule has 0 unspecified atom stereocenters. The highest BCUT2D eigenvalue weighted by Crippen LogP contribution is 2.34. The normalized spacial score (nSPS) is 25.3. The Balaban J connectivity index is 1.94. The van der Waals surface area contributed by atoms with E-state index in [4.69, 9.17) is 9.47 Å². The topological polar surface area (TPSA) is 99.5 Å². The van der Waals surface area contributed by atoms with E-state index in [1.165, 1.54) is 10.4 Å². The molecule has 0 aliphatic carbocycles. The highest BCUT2D eigenvalue weighted by atomic mass is 32.2. The van der Waals surface area contributed by atoms with E-state index >= 15 is 0 Å². The van der Waals surface area contributed by atoms with Gasteiger partial charge in [0, 0.05) is 50.4 Å². The van der Waals surface area contributed by atoms with Crippen LogP contribution in [-0.2, 0) is 14.8 Å². The van der Waals surface area contributed by atoms with Crippen molar-refractivity contribution in [2.75, 3.05) is 46.5 Å². The van der Waals surface area contributed by atoms with Crippen molar-refractivity contribution in [2.24, 2.45) is 11.8 Å². The highest BCUT2D eigenvalue weighted by Gasteiger charge is 2.38. The molecule has 8 nitrogen and oxygen atoms in total. The van der Waals surface area contributed by atoms with Crippen LogP contribution in [0.5, 0.6) is 5.75 Å². The minimum atomic E-state index is -3.89. The lowest BCUT2D eigenvalue weighted by atomic mass is 9.98. The molecule has 0 aromatic heterocycles. The van der Waals surface area contributed by atoms with Gasteiger partial charge in [0.15, 0.2) is 0 Å². The van der Waals surface area contributed by atoms with Gasteiger partial charge in [0.1, 0.15) is 22.9 Å². The third-order valence-corrected chi connectivity index (χ3v) is 8.51. The number of fused-ring (bicyclic) bond motifs is 1. The van der Waals surface area contributed by atoms with Crippen LogP contribution in [0, 0.1) is 23.7 Å². The second-order valence-electron chi connectivity index (χ2n) is 9.62. The summed E-state index contributed by atoms with van der Waals surface area (Å²) in [4.78, 5) is 2.32. The van der Waals surface area contributed by atoms with Crippen molar-refractivity contribution in [3.63, 3.8) is 0 Å². The molecule has 0 spiro atoms. The Morgan fingerprint density at radius 1 is 1.24 bits per heavy atom. The number of likely N-dealkylation sites (N-methyl/N-ethyl adjacent to an activating group) is 1. The third-order valence-electron chi connectivity index (χ3n) is 6.49. The van der Waals surface area contributed by atoms with Gasteiger partial charge in [-0.3, -0.25) is 0 Å². The lowest BCUT2D eigenvalue weighted by Crippen LogP contribution is -2.50. The standard InChI is InChI=1S/C25H38N2O6S/c1-18-14-27(19(2)17-28)34(30,31)25-8-7-21(6-5-20(3)29)13-23(25)33-24(18)16-26(4)15-22-9-11-32-12-10-22/h7-8,13,18-20,22,24,28-29H,9-12,14-17H2,1-4H3/t18-,19+,20-,24+/m1/s1. The van der Waals surface area contributed by atoms with E-state index in [2.05, 4.69) is 23.8 Å². The summed E-state index contributed by atoms with van der Waals surface area (Å²) in [5, 5.41) is 19.3. The minimum Gasteiger partial charge on any atom is -0.487 e. The summed E-state index contributed by atoms with van der Waals surface area (Å²) in [7, 11) is -1.82. The first kappa shape index (κ1) is 26.9. The van der Waals surface area contributed by atoms with Crippen LogP contribution in [0.2, 0.25) is 0 Å². The molecule has 2 aliphatic heterocycles. The highest BCUT2D eigenvalue weighted by molar-refractivity contribution is 7.89. The van der Waals surface area contributed by atoms with Crippen LogP contribution in [0.15, 0.2) is 23.1 Å². The van der Waals surface area contributed by atoms with Gasteiger partial charge in [0.2, 0.25) is 10.0 Å². The van der Waals surface area contributed by atoms with E-state index in [-0.39, 0.29) is 35.8 Å². The van der Waals surface area contributed by atoms with Crippen LogP contribution in [0.4, 0.5) is 0 Å². The summed E-state index contributed by atoms with van der Waals surface area (Å²) in [5.41, 5.74) is 0.569. The van der Waals surface area contributed by atoms with Crippen LogP contribution in [0.1, 0.15) is 39.2 Å². The number of sulfonamides is 1. The predicted octanol–water partition coefficient (Wildman–Crippen LogP) is 1.55. The van der Waals surface area contributed by atoms with Gasteiger partial charge in [-0.25, -0.2) is 8.42 Å². The van der Waals surface area contributed by atoms with E-state index in [0.717, 1.165) is 32.6 Å². The molecule has 190 valence electrons. The molecule has 0 radical (unpaired) electrons. The van der Waals surface area contributed by atoms with Crippen LogP contribution in [0.3, 0.4) is 0 Å². The second kappa shape index (κ2) is 11.8. The molecule has 2 N–H and O–H groups in total. The molecule has 34 heavy (non-hydrogen) atoms. The van der Waals surface area contributed by atoms with Crippen molar-refractivity contribution in [1.82, 2.24) is 9.21 Å². The van der Waals surface area contributed by atoms with E-state index in [1.807, 2.05) is 6.92 Å². The first-order chi connectivity index (χ1) is 16.1. The van der Waals surface area contributed by atoms with Crippen molar-refractivity contribution in [3.05, 3.63) is 23.8 Å². The summed E-state index contributed by atoms with van der Waals surface area (Å²) in [6.45, 7) is 8.41. The Hall–Kier alpha value is -1.67. The maximum atomic E-state index is 13.5. The molecule has 1 aromatic rings. The van der Waals surface area contributed by atoms with Gasteiger partial charge in [-0.1, -0.05) is 18.8 Å². The Kier molecular flexibility index (Phi) is 9.38. The molecule has 2 heterocycles. The van der Waals surface area contributed by atoms with Crippen LogP contribution in [-0.4, -0.2) is 92.6 Å². The van der Waals surface area contributed by atoms with Gasteiger partial charge in [-0.15, -0.1) is 0 Å². The smallest absolute Gasteiger partial charge is 0.247 e. The molecule has 2 aliphatic rings. The Bertz CT molecular complexity index is 981. The van der Waals surface area contributed by atoms with E-state index in [9.17, 15) is 18.6 Å². The number of aliphatic hydroxyl groups is 2. The molecule has 0 bridgehead atoms. The first-order valence-corrected chi connectivity index (χ1v) is 13.4. The number of hydrogen-bond acceptors (Lipinski definition) is 7. The SMILES string of the molecule is C[C@@H]1CN([C@@H](C)CO)S(=O)(=O)c2ccc(C#C[C@@H](C)O)cc2O[C@H]1CN(C)CC1CCOCC1. The van der Waals surface area contributed by atoms with E-state index < -0.39 is 22.2 Å². The Morgan fingerprint density at radius 2 is 1.94 bits per heavy atom. The zero-order valence-corrected chi connectivity index (χ0v) is 21.4. The van der Waals surface area contributed by atoms with Crippen LogP contribution in [0.25, 0.3) is 0 Å². The fourth-order valence-electron chi connectivity index (χ4n) is 4.46. The predicted molar refractivity (Wildman–Crippen MR) is 130 cm³/mol. The summed E-state index contributed by atoms with van der Waals surface area (Å²) in [5.74, 6) is 6.28. The molecular formula is C25H38N2O6S. The van der Waals surface area contributed by atoms with Crippen molar-refractivity contribution in [1.29, 1.82) is 0 Å². The molecule has 1 aromatic carbocycles. The number of hydrogen-bond donors (Lipinski definition) is 2. The van der Waals surface area contributed by atoms with E-state index in [0.29, 0.717) is 18.0 Å². The number of ether oxygens (including phenoxy) is 2. The fraction of sp³-hybridized carbons (Fsp3) is 0.680. The third kappa shape index (κ3) is 6.72. The van der Waals surface area contributed by atoms with Crippen molar-refractivity contribution in [2.45, 2.75) is 56.8 Å². The van der Waals surface area contributed by atoms with Gasteiger partial charge in [0.05, 0.1) is 6.61 Å². The van der Waals surface area contributed by atoms with Gasteiger partial charge >= 0.3 is 0 Å². The summed E-state index contributed by atoms with van der Waals surface area (Å²) in [6.07, 6.45) is 1.03. The quantitative estimate of drug-likeness (QED) is 0.579. The van der Waals surface area contributed by atoms with Gasteiger partial charge in [-0.2, -0.15) is 4.31 Å². The largest absolute Gasteiger partial charge is 0.487 e. The number of aliphatic hydroxyl groups excluding tert-OH is 2. The lowest BCUT2D eigenvalue weighted by Gasteiger charge is -2.38. The van der Waals surface area contributed by atoms with Gasteiger partial charge in [-0.05, 0) is 57.9 Å². The second-order valence-corrected chi connectivity index (χ2v) is 11.5. The Morgan fingerprint density at radius 3 is 2.59 bits per heavy atom. The maximum Gasteiger partial charge on any atom is 0.247 e. The molecule has 0 amide bonds. The van der Waals surface area contributed by atoms with Crippen LogP contribution >= 0.6 is 0 Å². The summed E-state index contributed by atoms with van der Waals surface area (Å²) in [6, 6.07) is 4.20. The number of rotatable bonds is 6. The van der Waals surface area contributed by atoms with E-state index in [1.54, 1.807) is 26.0 Å². The van der Waals surface area contributed by atoms with Crippen molar-refractivity contribution >= 4 is 10.0 Å². The molecule has 3 rings (SSSR count). The number of benzene rings is 1. The van der Waals surface area contributed by atoms with Gasteiger partial charge in [0.25, 0.3) is 0 Å². The summed E-state index contributed by atoms with van der Waals surface area (Å²) >= 11 is 0. The molecule has 1 fully saturated rings. The average Bonchev–Trinajstić information content (AvgIpc) is 2.80. The zero-order chi connectivity index (χ0) is 24.9. The first-order valence-electron chi connectivity index (χ1n) is 12.0. The average molecular weight is 495 g/mol. The van der Waals surface area contributed by atoms with Crippen LogP contribution < -0.4 is 4.74 Å². The number of nitrogens with zero attached hydrogens (tertiary/aromatic N) is 2. The molecule has 4 atom stereocenters. The fourth-order valence-corrected chi connectivity index (χ4v) is 6.29. The van der Waals surface area contributed by atoms with Crippen molar-refractivity contribution in [3.8, 4) is 17.6 Å². The minimum absolute atomic E-state index is 0.0689. The monoisotopic (exact) mass is 494 g/mol. The zero-order valence-electron chi connectivity index (χ0n) is 20.6. The van der Waals surface area contributed by atoms with Gasteiger partial charge < -0.3 is 24.6 Å². The maximum absolute atomic E-state index is 13.5. The molecule has 9 heteroatoms. The Labute approximate surface area is 203 Å². The summed E-state index contributed by atoms with van der Waals surface area (Å²) < 4.78 is 40.3. The molecule has 0 saturated carbocycles. The van der Waals surface area contributed by atoms with Crippen molar-refractivity contribution < 1.29 is 28.1 Å².